The number of thioether (sulfide) groups is 1. The average molecular weight is 415 g/mol. The zero-order valence-corrected chi connectivity index (χ0v) is 16.7. The fourth-order valence-corrected chi connectivity index (χ4v) is 5.23. The summed E-state index contributed by atoms with van der Waals surface area (Å²) in [6.45, 7) is 0. The summed E-state index contributed by atoms with van der Waals surface area (Å²) in [6, 6.07) is 6.63. The third-order valence-corrected chi connectivity index (χ3v) is 6.56. The molecular weight excluding hydrogens is 398 g/mol. The van der Waals surface area contributed by atoms with Gasteiger partial charge in [-0.3, -0.25) is 9.59 Å². The molecule has 7 nitrogen and oxygen atoms in total. The van der Waals surface area contributed by atoms with Gasteiger partial charge in [0.25, 0.3) is 5.56 Å². The van der Waals surface area contributed by atoms with Gasteiger partial charge in [0.05, 0.1) is 29.5 Å². The Morgan fingerprint density at radius 1 is 1.32 bits per heavy atom. The van der Waals surface area contributed by atoms with Gasteiger partial charge < -0.3 is 15.0 Å². The van der Waals surface area contributed by atoms with Crippen LogP contribution in [0.15, 0.2) is 34.2 Å². The number of carbonyl (C=O) groups excluding carboxylic acids is 2. The van der Waals surface area contributed by atoms with E-state index in [0.29, 0.717) is 16.2 Å². The van der Waals surface area contributed by atoms with E-state index in [1.807, 2.05) is 0 Å². The molecule has 9 heteroatoms. The lowest BCUT2D eigenvalue weighted by Crippen LogP contribution is -2.17. The van der Waals surface area contributed by atoms with Crippen LogP contribution in [0, 0.1) is 0 Å². The van der Waals surface area contributed by atoms with Crippen molar-refractivity contribution >= 4 is 50.9 Å². The molecule has 1 aromatic carbocycles. The molecule has 0 radical (unpaired) electrons. The first kappa shape index (κ1) is 18.7. The van der Waals surface area contributed by atoms with Gasteiger partial charge in [-0.2, -0.15) is 0 Å². The van der Waals surface area contributed by atoms with Gasteiger partial charge in [-0.15, -0.1) is 11.3 Å². The molecule has 0 spiro atoms. The smallest absolute Gasteiger partial charge is 0.339 e. The number of aromatic nitrogens is 2. The van der Waals surface area contributed by atoms with E-state index in [4.69, 9.17) is 4.74 Å². The Bertz CT molecular complexity index is 1140. The Balaban J connectivity index is 1.47. The number of esters is 1. The van der Waals surface area contributed by atoms with Gasteiger partial charge in [0.2, 0.25) is 5.91 Å². The predicted molar refractivity (Wildman–Crippen MR) is 109 cm³/mol. The molecule has 2 heterocycles. The number of aromatic amines is 1. The predicted octanol–water partition coefficient (Wildman–Crippen LogP) is 2.99. The van der Waals surface area contributed by atoms with Crippen LogP contribution in [0.3, 0.4) is 0 Å². The van der Waals surface area contributed by atoms with Gasteiger partial charge in [-0.1, -0.05) is 23.9 Å². The number of amides is 1. The molecule has 0 saturated heterocycles. The molecule has 0 atom stereocenters. The Morgan fingerprint density at radius 3 is 2.96 bits per heavy atom. The fraction of sp³-hybridized carbons (Fsp3) is 0.263. The molecule has 0 unspecified atom stereocenters. The van der Waals surface area contributed by atoms with Crippen molar-refractivity contribution in [1.82, 2.24) is 9.97 Å². The number of hydrogen-bond acceptors (Lipinski definition) is 7. The molecule has 4 rings (SSSR count). The van der Waals surface area contributed by atoms with Crippen molar-refractivity contribution in [1.29, 1.82) is 0 Å². The van der Waals surface area contributed by atoms with Crippen molar-refractivity contribution in [3.05, 3.63) is 50.6 Å². The molecule has 2 N–H and O–H groups in total. The minimum absolute atomic E-state index is 0.0506. The number of nitrogens with zero attached hydrogens (tertiary/aromatic N) is 1. The monoisotopic (exact) mass is 415 g/mol. The standard InChI is InChI=1S/C19H17N3O4S2/c1-26-18(25)10-5-2-3-7-12(10)20-14(23)9-27-19-21-16(24)15-11-6-4-8-13(11)28-17(15)22-19/h2-3,5,7H,4,6,8-9H2,1H3,(H,20,23)(H,21,22,24). The maximum absolute atomic E-state index is 12.5. The van der Waals surface area contributed by atoms with E-state index in [-0.39, 0.29) is 22.8 Å². The Hall–Kier alpha value is -2.65. The molecule has 0 aliphatic heterocycles. The number of thiophene rings is 1. The molecule has 0 saturated carbocycles. The summed E-state index contributed by atoms with van der Waals surface area (Å²) >= 11 is 2.71. The maximum atomic E-state index is 12.5. The zero-order valence-electron chi connectivity index (χ0n) is 15.0. The highest BCUT2D eigenvalue weighted by atomic mass is 32.2. The quantitative estimate of drug-likeness (QED) is 0.377. The number of fused-ring (bicyclic) bond motifs is 3. The van der Waals surface area contributed by atoms with Crippen molar-refractivity contribution in [2.45, 2.75) is 24.4 Å². The number of methoxy groups -OCH3 is 1. The molecule has 1 aliphatic carbocycles. The SMILES string of the molecule is COC(=O)c1ccccc1NC(=O)CSc1nc2sc3c(c2c(=O)[nH]1)CCC3. The molecule has 0 bridgehead atoms. The summed E-state index contributed by atoms with van der Waals surface area (Å²) in [5.41, 5.74) is 1.64. The van der Waals surface area contributed by atoms with Gasteiger partial charge in [0.15, 0.2) is 5.16 Å². The molecule has 1 aliphatic rings. The number of aryl methyl sites for hydroxylation is 2. The first-order valence-corrected chi connectivity index (χ1v) is 10.5. The Labute approximate surface area is 168 Å². The highest BCUT2D eigenvalue weighted by Crippen LogP contribution is 2.35. The maximum Gasteiger partial charge on any atom is 0.339 e. The number of ether oxygens (including phenoxy) is 1. The van der Waals surface area contributed by atoms with Crippen molar-refractivity contribution in [3.63, 3.8) is 0 Å². The second-order valence-corrected chi connectivity index (χ2v) is 8.33. The molecule has 2 aromatic heterocycles. The normalized spacial score (nSPS) is 12.8. The molecule has 3 aromatic rings. The second-order valence-electron chi connectivity index (χ2n) is 6.28. The van der Waals surface area contributed by atoms with E-state index < -0.39 is 5.97 Å². The highest BCUT2D eigenvalue weighted by molar-refractivity contribution is 7.99. The molecule has 0 fully saturated rings. The molecule has 1 amide bonds. The molecule has 144 valence electrons. The first-order valence-electron chi connectivity index (χ1n) is 8.71. The molecular formula is C19H17N3O4S2. The number of benzene rings is 1. The second kappa shape index (κ2) is 7.76. The molecule has 28 heavy (non-hydrogen) atoms. The van der Waals surface area contributed by atoms with Crippen LogP contribution in [0.2, 0.25) is 0 Å². The van der Waals surface area contributed by atoms with Gasteiger partial charge in [0.1, 0.15) is 4.83 Å². The number of rotatable bonds is 5. The lowest BCUT2D eigenvalue weighted by atomic mass is 10.2. The Morgan fingerprint density at radius 2 is 2.14 bits per heavy atom. The largest absolute Gasteiger partial charge is 0.465 e. The van der Waals surface area contributed by atoms with Crippen LogP contribution in [0.5, 0.6) is 0 Å². The summed E-state index contributed by atoms with van der Waals surface area (Å²) in [5, 5.41) is 3.81. The van der Waals surface area contributed by atoms with Gasteiger partial charge >= 0.3 is 5.97 Å². The Kier molecular flexibility index (Phi) is 5.19. The van der Waals surface area contributed by atoms with Crippen LogP contribution in [-0.2, 0) is 22.4 Å². The fourth-order valence-electron chi connectivity index (χ4n) is 3.25. The van der Waals surface area contributed by atoms with E-state index in [1.165, 1.54) is 12.0 Å². The van der Waals surface area contributed by atoms with Crippen LogP contribution < -0.4 is 10.9 Å². The van der Waals surface area contributed by atoms with Crippen LogP contribution in [0.1, 0.15) is 27.2 Å². The lowest BCUT2D eigenvalue weighted by molar-refractivity contribution is -0.113. The van der Waals surface area contributed by atoms with E-state index in [9.17, 15) is 14.4 Å². The van der Waals surface area contributed by atoms with Gasteiger partial charge in [-0.25, -0.2) is 9.78 Å². The average Bonchev–Trinajstić information content (AvgIpc) is 3.27. The number of nitrogens with one attached hydrogen (secondary N) is 2. The van der Waals surface area contributed by atoms with Crippen molar-refractivity contribution in [3.8, 4) is 0 Å². The number of H-pyrrole nitrogens is 1. The summed E-state index contributed by atoms with van der Waals surface area (Å²) < 4.78 is 4.72. The van der Waals surface area contributed by atoms with Crippen molar-refractivity contribution in [2.75, 3.05) is 18.2 Å². The third-order valence-electron chi connectivity index (χ3n) is 4.50. The van der Waals surface area contributed by atoms with Crippen molar-refractivity contribution in [2.24, 2.45) is 0 Å². The van der Waals surface area contributed by atoms with E-state index in [0.717, 1.165) is 41.4 Å². The minimum Gasteiger partial charge on any atom is -0.465 e. The number of anilines is 1. The number of carbonyl (C=O) groups is 2. The highest BCUT2D eigenvalue weighted by Gasteiger charge is 2.21. The summed E-state index contributed by atoms with van der Waals surface area (Å²) in [6.07, 6.45) is 3.01. The number of para-hydroxylation sites is 1. The topological polar surface area (TPSA) is 101 Å². The van der Waals surface area contributed by atoms with Gasteiger partial charge in [-0.05, 0) is 37.0 Å². The minimum atomic E-state index is -0.522. The van der Waals surface area contributed by atoms with Crippen LogP contribution >= 0.6 is 23.1 Å². The van der Waals surface area contributed by atoms with Crippen LogP contribution in [0.25, 0.3) is 10.2 Å². The number of hydrogen-bond donors (Lipinski definition) is 2. The summed E-state index contributed by atoms with van der Waals surface area (Å²) in [7, 11) is 1.29. The van der Waals surface area contributed by atoms with E-state index in [2.05, 4.69) is 15.3 Å². The van der Waals surface area contributed by atoms with Crippen LogP contribution in [0.4, 0.5) is 5.69 Å². The summed E-state index contributed by atoms with van der Waals surface area (Å²) in [5.74, 6) is -0.779. The lowest BCUT2D eigenvalue weighted by Gasteiger charge is -2.09. The van der Waals surface area contributed by atoms with Gasteiger partial charge in [0, 0.05) is 4.88 Å². The zero-order chi connectivity index (χ0) is 19.7. The summed E-state index contributed by atoms with van der Waals surface area (Å²) in [4.78, 5) is 45.8. The first-order chi connectivity index (χ1) is 13.6. The third kappa shape index (κ3) is 3.55. The van der Waals surface area contributed by atoms with E-state index >= 15 is 0 Å². The van der Waals surface area contributed by atoms with Crippen LogP contribution in [-0.4, -0.2) is 34.7 Å². The van der Waals surface area contributed by atoms with Crippen molar-refractivity contribution < 1.29 is 14.3 Å². The van der Waals surface area contributed by atoms with E-state index in [1.54, 1.807) is 35.6 Å².